The first-order chi connectivity index (χ1) is 12.8. The first-order valence-electron chi connectivity index (χ1n) is 9.33. The zero-order valence-corrected chi connectivity index (χ0v) is 15.7. The van der Waals surface area contributed by atoms with E-state index in [0.29, 0.717) is 19.0 Å². The van der Waals surface area contributed by atoms with Crippen LogP contribution in [0.25, 0.3) is 0 Å². The van der Waals surface area contributed by atoms with Crippen LogP contribution in [-0.2, 0) is 12.0 Å². The van der Waals surface area contributed by atoms with Gasteiger partial charge in [0.1, 0.15) is 0 Å². The third kappa shape index (κ3) is 4.75. The molecule has 5 heteroatoms. The van der Waals surface area contributed by atoms with Gasteiger partial charge in [0.05, 0.1) is 6.61 Å². The Balaban J connectivity index is 1.48. The predicted octanol–water partition coefficient (Wildman–Crippen LogP) is 3.27. The van der Waals surface area contributed by atoms with Crippen LogP contribution in [0.4, 0.5) is 0 Å². The van der Waals surface area contributed by atoms with Crippen molar-refractivity contribution in [2.45, 2.75) is 38.1 Å². The summed E-state index contributed by atoms with van der Waals surface area (Å²) in [6.45, 7) is 4.36. The third-order valence-electron chi connectivity index (χ3n) is 4.77. The van der Waals surface area contributed by atoms with Gasteiger partial charge in [-0.2, -0.15) is 0 Å². The molecular weight excluding hydrogens is 324 g/mol. The van der Waals surface area contributed by atoms with Crippen LogP contribution in [-0.4, -0.2) is 31.1 Å². The van der Waals surface area contributed by atoms with Gasteiger partial charge in [-0.25, -0.2) is 4.98 Å². The van der Waals surface area contributed by atoms with Crippen molar-refractivity contribution < 1.29 is 4.74 Å². The molecule has 1 aromatic heterocycles. The van der Waals surface area contributed by atoms with Gasteiger partial charge in [0.15, 0.2) is 5.96 Å². The fourth-order valence-corrected chi connectivity index (χ4v) is 2.98. The summed E-state index contributed by atoms with van der Waals surface area (Å²) in [5, 5.41) is 6.83. The van der Waals surface area contributed by atoms with Crippen molar-refractivity contribution in [1.29, 1.82) is 0 Å². The molecule has 1 saturated carbocycles. The molecule has 1 heterocycles. The Morgan fingerprint density at radius 1 is 1.15 bits per heavy atom. The highest BCUT2D eigenvalue weighted by atomic mass is 16.5. The minimum Gasteiger partial charge on any atom is -0.478 e. The Hall–Kier alpha value is -2.56. The Morgan fingerprint density at radius 3 is 2.58 bits per heavy atom. The molecule has 0 amide bonds. The van der Waals surface area contributed by atoms with Crippen LogP contribution in [0.1, 0.15) is 37.3 Å². The minimum absolute atomic E-state index is 0.263. The summed E-state index contributed by atoms with van der Waals surface area (Å²) in [6, 6.07) is 14.7. The standard InChI is InChI=1S/C21H28N4O/c1-3-13-26-19-10-9-17(14-23-19)15-24-20(22-2)25-16-21(11-12-21)18-7-5-4-6-8-18/h4-10,14H,3,11-13,15-16H2,1-2H3,(H2,22,24,25). The number of nitrogens with one attached hydrogen (secondary N) is 2. The smallest absolute Gasteiger partial charge is 0.213 e. The molecule has 0 saturated heterocycles. The van der Waals surface area contributed by atoms with E-state index in [1.807, 2.05) is 18.3 Å². The number of benzene rings is 1. The van der Waals surface area contributed by atoms with E-state index in [-0.39, 0.29) is 5.41 Å². The normalized spacial score (nSPS) is 15.4. The van der Waals surface area contributed by atoms with E-state index in [9.17, 15) is 0 Å². The summed E-state index contributed by atoms with van der Waals surface area (Å²) in [4.78, 5) is 8.67. The number of guanidine groups is 1. The van der Waals surface area contributed by atoms with Crippen molar-refractivity contribution >= 4 is 5.96 Å². The maximum atomic E-state index is 5.51. The number of hydrogen-bond acceptors (Lipinski definition) is 3. The zero-order chi connectivity index (χ0) is 18.2. The van der Waals surface area contributed by atoms with E-state index in [0.717, 1.165) is 24.5 Å². The molecule has 0 spiro atoms. The second kappa shape index (κ2) is 8.70. The van der Waals surface area contributed by atoms with Gasteiger partial charge < -0.3 is 15.4 Å². The van der Waals surface area contributed by atoms with E-state index in [2.05, 4.69) is 57.9 Å². The first-order valence-corrected chi connectivity index (χ1v) is 9.33. The van der Waals surface area contributed by atoms with Gasteiger partial charge >= 0.3 is 0 Å². The monoisotopic (exact) mass is 352 g/mol. The fourth-order valence-electron chi connectivity index (χ4n) is 2.98. The van der Waals surface area contributed by atoms with E-state index in [1.165, 1.54) is 18.4 Å². The van der Waals surface area contributed by atoms with Crippen molar-refractivity contribution in [3.8, 4) is 5.88 Å². The average molecular weight is 352 g/mol. The van der Waals surface area contributed by atoms with Crippen LogP contribution in [0.2, 0.25) is 0 Å². The van der Waals surface area contributed by atoms with Gasteiger partial charge in [-0.15, -0.1) is 0 Å². The first kappa shape index (κ1) is 18.2. The van der Waals surface area contributed by atoms with Crippen molar-refractivity contribution in [3.05, 3.63) is 59.8 Å². The molecule has 1 aliphatic rings. The highest BCUT2D eigenvalue weighted by molar-refractivity contribution is 5.79. The molecule has 1 aromatic carbocycles. The molecule has 0 bridgehead atoms. The predicted molar refractivity (Wildman–Crippen MR) is 106 cm³/mol. The van der Waals surface area contributed by atoms with Crippen LogP contribution in [0.3, 0.4) is 0 Å². The lowest BCUT2D eigenvalue weighted by atomic mass is 9.96. The van der Waals surface area contributed by atoms with E-state index in [1.54, 1.807) is 7.05 Å². The quantitative estimate of drug-likeness (QED) is 0.565. The summed E-state index contributed by atoms with van der Waals surface area (Å²) in [5.74, 6) is 1.50. The van der Waals surface area contributed by atoms with Crippen molar-refractivity contribution in [2.75, 3.05) is 20.2 Å². The summed E-state index contributed by atoms with van der Waals surface area (Å²) in [5.41, 5.74) is 2.77. The number of hydrogen-bond donors (Lipinski definition) is 2. The van der Waals surface area contributed by atoms with Gasteiger partial charge in [-0.3, -0.25) is 4.99 Å². The molecule has 3 rings (SSSR count). The van der Waals surface area contributed by atoms with Crippen LogP contribution < -0.4 is 15.4 Å². The van der Waals surface area contributed by atoms with Crippen LogP contribution in [0.15, 0.2) is 53.7 Å². The maximum absolute atomic E-state index is 5.51. The van der Waals surface area contributed by atoms with Gasteiger partial charge in [-0.05, 0) is 30.4 Å². The van der Waals surface area contributed by atoms with E-state index < -0.39 is 0 Å². The van der Waals surface area contributed by atoms with Crippen LogP contribution >= 0.6 is 0 Å². The molecule has 1 aliphatic carbocycles. The van der Waals surface area contributed by atoms with Crippen LogP contribution in [0, 0.1) is 0 Å². The molecule has 1 fully saturated rings. The van der Waals surface area contributed by atoms with E-state index in [4.69, 9.17) is 4.74 Å². The summed E-state index contributed by atoms with van der Waals surface area (Å²) in [6.07, 6.45) is 5.28. The number of nitrogens with zero attached hydrogens (tertiary/aromatic N) is 2. The Labute approximate surface area is 155 Å². The number of ether oxygens (including phenoxy) is 1. The molecule has 0 atom stereocenters. The lowest BCUT2D eigenvalue weighted by Gasteiger charge is -2.19. The zero-order valence-electron chi connectivity index (χ0n) is 15.7. The lowest BCUT2D eigenvalue weighted by Crippen LogP contribution is -2.40. The van der Waals surface area contributed by atoms with Gasteiger partial charge in [-0.1, -0.05) is 43.3 Å². The fraction of sp³-hybridized carbons (Fsp3) is 0.429. The Bertz CT molecular complexity index is 709. The highest BCUT2D eigenvalue weighted by Gasteiger charge is 2.43. The van der Waals surface area contributed by atoms with Crippen molar-refractivity contribution in [1.82, 2.24) is 15.6 Å². The number of pyridine rings is 1. The third-order valence-corrected chi connectivity index (χ3v) is 4.77. The largest absolute Gasteiger partial charge is 0.478 e. The summed E-state index contributed by atoms with van der Waals surface area (Å²) >= 11 is 0. The molecule has 0 unspecified atom stereocenters. The van der Waals surface area contributed by atoms with Gasteiger partial charge in [0.25, 0.3) is 0 Å². The highest BCUT2D eigenvalue weighted by Crippen LogP contribution is 2.47. The number of rotatable bonds is 8. The topological polar surface area (TPSA) is 58.5 Å². The van der Waals surface area contributed by atoms with Crippen molar-refractivity contribution in [2.24, 2.45) is 4.99 Å². The molecule has 138 valence electrons. The molecule has 0 aliphatic heterocycles. The second-order valence-electron chi connectivity index (χ2n) is 6.78. The van der Waals surface area contributed by atoms with E-state index >= 15 is 0 Å². The van der Waals surface area contributed by atoms with Gasteiger partial charge in [0.2, 0.25) is 5.88 Å². The maximum Gasteiger partial charge on any atom is 0.213 e. The molecule has 5 nitrogen and oxygen atoms in total. The summed E-state index contributed by atoms with van der Waals surface area (Å²) < 4.78 is 5.51. The molecule has 2 aromatic rings. The average Bonchev–Trinajstić information content (AvgIpc) is 3.49. The molecular formula is C21H28N4O. The molecule has 2 N–H and O–H groups in total. The molecule has 26 heavy (non-hydrogen) atoms. The van der Waals surface area contributed by atoms with Crippen LogP contribution in [0.5, 0.6) is 5.88 Å². The van der Waals surface area contributed by atoms with Crippen molar-refractivity contribution in [3.63, 3.8) is 0 Å². The Kier molecular flexibility index (Phi) is 6.10. The number of aromatic nitrogens is 1. The Morgan fingerprint density at radius 2 is 1.96 bits per heavy atom. The SMILES string of the molecule is CCCOc1ccc(CNC(=NC)NCC2(c3ccccc3)CC2)cn1. The number of aliphatic imine (C=N–C) groups is 1. The minimum atomic E-state index is 0.263. The van der Waals surface area contributed by atoms with Gasteiger partial charge in [0, 0.05) is 37.8 Å². The molecule has 0 radical (unpaired) electrons. The summed E-state index contributed by atoms with van der Waals surface area (Å²) in [7, 11) is 1.80. The lowest BCUT2D eigenvalue weighted by molar-refractivity contribution is 0.305. The second-order valence-corrected chi connectivity index (χ2v) is 6.78.